The summed E-state index contributed by atoms with van der Waals surface area (Å²) in [6, 6.07) is 23.5. The van der Waals surface area contributed by atoms with E-state index in [2.05, 4.69) is 73.9 Å². The van der Waals surface area contributed by atoms with E-state index in [0.717, 1.165) is 116 Å². The molecule has 6 rings (SSSR count). The molecule has 3 heterocycles. The van der Waals surface area contributed by atoms with Crippen molar-refractivity contribution in [3.8, 4) is 11.8 Å². The summed E-state index contributed by atoms with van der Waals surface area (Å²) in [6.07, 6.45) is 2.06. The fourth-order valence-corrected chi connectivity index (χ4v) is 5.80. The molecular formula is C37H49N5O5. The number of oxazole rings is 1. The fraction of sp³-hybridized carbons (Fsp3) is 0.486. The van der Waals surface area contributed by atoms with Gasteiger partial charge in [0.15, 0.2) is 5.58 Å². The van der Waals surface area contributed by atoms with Gasteiger partial charge in [0.05, 0.1) is 39.6 Å². The second-order valence-electron chi connectivity index (χ2n) is 12.3. The smallest absolute Gasteiger partial charge is 0.394 e. The van der Waals surface area contributed by atoms with Crippen molar-refractivity contribution in [3.05, 3.63) is 89.0 Å². The lowest BCUT2D eigenvalue weighted by Crippen LogP contribution is -2.35. The van der Waals surface area contributed by atoms with Crippen LogP contribution >= 0.6 is 0 Å². The van der Waals surface area contributed by atoms with Crippen LogP contribution in [0.3, 0.4) is 0 Å². The van der Waals surface area contributed by atoms with Crippen molar-refractivity contribution in [2.75, 3.05) is 78.9 Å². The predicted octanol–water partition coefficient (Wildman–Crippen LogP) is 4.61. The highest BCUT2D eigenvalue weighted by Crippen LogP contribution is 2.25. The Morgan fingerprint density at radius 2 is 1.13 bits per heavy atom. The standard InChI is InChI=1S/C37H49N5O5/c1(13-38-26-30-3-7-32(8-4-30)28-41-15-21-43-22-16-41)19-45-34-11-12-35-36(25-34)47-37(40-35)46-20-2-14-39-27-31-5-9-33(10-6-31)29-42-17-23-44-24-18-42/h3-12,25,38-39H,1-2,13-24,26-29H2. The van der Waals surface area contributed by atoms with E-state index in [9.17, 15) is 0 Å². The number of rotatable bonds is 18. The highest BCUT2D eigenvalue weighted by Gasteiger charge is 2.12. The third-order valence-electron chi connectivity index (χ3n) is 8.55. The first kappa shape index (κ1) is 33.4. The minimum atomic E-state index is 0.298. The van der Waals surface area contributed by atoms with Crippen LogP contribution in [0.2, 0.25) is 0 Å². The van der Waals surface area contributed by atoms with Crippen LogP contribution in [0.4, 0.5) is 0 Å². The van der Waals surface area contributed by atoms with E-state index in [1.165, 1.54) is 22.3 Å². The largest absolute Gasteiger partial charge is 0.493 e. The molecule has 0 spiro atoms. The highest BCUT2D eigenvalue weighted by molar-refractivity contribution is 5.74. The van der Waals surface area contributed by atoms with E-state index < -0.39 is 0 Å². The molecular weight excluding hydrogens is 594 g/mol. The van der Waals surface area contributed by atoms with Crippen LogP contribution in [0.25, 0.3) is 11.1 Å². The minimum absolute atomic E-state index is 0.298. The van der Waals surface area contributed by atoms with Crippen LogP contribution in [0, 0.1) is 0 Å². The van der Waals surface area contributed by atoms with Crippen LogP contribution in [0.5, 0.6) is 11.8 Å². The number of nitrogens with zero attached hydrogens (tertiary/aromatic N) is 3. The van der Waals surface area contributed by atoms with Crippen molar-refractivity contribution in [1.29, 1.82) is 0 Å². The Morgan fingerprint density at radius 1 is 0.617 bits per heavy atom. The van der Waals surface area contributed by atoms with Gasteiger partial charge in [-0.1, -0.05) is 48.5 Å². The second kappa shape index (κ2) is 18.1. The first-order valence-electron chi connectivity index (χ1n) is 17.1. The van der Waals surface area contributed by atoms with E-state index in [-0.39, 0.29) is 0 Å². The Hall–Kier alpha value is -3.51. The lowest BCUT2D eigenvalue weighted by Gasteiger charge is -2.26. The Labute approximate surface area is 278 Å². The topological polar surface area (TPSA) is 93.5 Å². The molecule has 0 radical (unpaired) electrons. The lowest BCUT2D eigenvalue weighted by atomic mass is 10.1. The van der Waals surface area contributed by atoms with Crippen LogP contribution in [0.15, 0.2) is 71.1 Å². The van der Waals surface area contributed by atoms with Gasteiger partial charge in [-0.3, -0.25) is 9.80 Å². The second-order valence-corrected chi connectivity index (χ2v) is 12.3. The lowest BCUT2D eigenvalue weighted by molar-refractivity contribution is 0.0341. The average Bonchev–Trinajstić information content (AvgIpc) is 3.52. The molecule has 0 saturated carbocycles. The number of nitrogens with one attached hydrogen (secondary N) is 2. The van der Waals surface area contributed by atoms with Crippen molar-refractivity contribution in [2.24, 2.45) is 0 Å². The van der Waals surface area contributed by atoms with Gasteiger partial charge in [-0.05, 0) is 60.3 Å². The van der Waals surface area contributed by atoms with Gasteiger partial charge in [-0.2, -0.15) is 4.98 Å². The summed E-state index contributed by atoms with van der Waals surface area (Å²) < 4.78 is 28.5. The van der Waals surface area contributed by atoms with Gasteiger partial charge >= 0.3 is 6.08 Å². The third-order valence-corrected chi connectivity index (χ3v) is 8.55. The van der Waals surface area contributed by atoms with Gasteiger partial charge in [-0.25, -0.2) is 0 Å². The van der Waals surface area contributed by atoms with E-state index in [0.29, 0.717) is 24.9 Å². The summed E-state index contributed by atoms with van der Waals surface area (Å²) in [7, 11) is 0. The van der Waals surface area contributed by atoms with Crippen molar-refractivity contribution in [3.63, 3.8) is 0 Å². The van der Waals surface area contributed by atoms with Crippen molar-refractivity contribution in [1.82, 2.24) is 25.4 Å². The molecule has 2 aliphatic rings. The van der Waals surface area contributed by atoms with Gasteiger partial charge in [0, 0.05) is 58.4 Å². The summed E-state index contributed by atoms with van der Waals surface area (Å²) in [5, 5.41) is 7.01. The summed E-state index contributed by atoms with van der Waals surface area (Å²) in [5.41, 5.74) is 6.71. The monoisotopic (exact) mass is 643 g/mol. The van der Waals surface area contributed by atoms with Gasteiger partial charge in [0.25, 0.3) is 0 Å². The number of fused-ring (bicyclic) bond motifs is 1. The quantitative estimate of drug-likeness (QED) is 0.150. The van der Waals surface area contributed by atoms with Crippen LogP contribution in [-0.4, -0.2) is 93.7 Å². The Balaban J connectivity index is 0.814. The molecule has 0 atom stereocenters. The molecule has 2 fully saturated rings. The highest BCUT2D eigenvalue weighted by atomic mass is 16.6. The molecule has 3 aromatic carbocycles. The first-order valence-corrected chi connectivity index (χ1v) is 17.1. The normalized spacial score (nSPS) is 16.1. The molecule has 4 aromatic rings. The van der Waals surface area contributed by atoms with E-state index in [1.807, 2.05) is 18.2 Å². The number of morpholine rings is 2. The maximum atomic E-state index is 5.97. The molecule has 10 nitrogen and oxygen atoms in total. The van der Waals surface area contributed by atoms with E-state index >= 15 is 0 Å². The van der Waals surface area contributed by atoms with Gasteiger partial charge in [0.2, 0.25) is 0 Å². The molecule has 2 saturated heterocycles. The Bertz CT molecular complexity index is 1390. The first-order chi connectivity index (χ1) is 23.3. The molecule has 252 valence electrons. The Morgan fingerprint density at radius 3 is 1.68 bits per heavy atom. The molecule has 0 unspecified atom stereocenters. The fourth-order valence-electron chi connectivity index (χ4n) is 5.80. The van der Waals surface area contributed by atoms with E-state index in [1.54, 1.807) is 0 Å². The van der Waals surface area contributed by atoms with Crippen molar-refractivity contribution >= 4 is 11.1 Å². The number of hydrogen-bond acceptors (Lipinski definition) is 10. The molecule has 1 aromatic heterocycles. The van der Waals surface area contributed by atoms with Crippen LogP contribution < -0.4 is 20.1 Å². The Kier molecular flexibility index (Phi) is 12.9. The molecule has 0 bridgehead atoms. The number of aromatic nitrogens is 1. The number of benzene rings is 3. The molecule has 0 aliphatic carbocycles. The van der Waals surface area contributed by atoms with E-state index in [4.69, 9.17) is 23.4 Å². The minimum Gasteiger partial charge on any atom is -0.493 e. The van der Waals surface area contributed by atoms with Crippen LogP contribution in [-0.2, 0) is 35.7 Å². The molecule has 0 amide bonds. The SMILES string of the molecule is c1cc(CN2CCOCC2)ccc1CNCCCOc1ccc2nc(OCCCNCc3ccc(CN4CCOCC4)cc3)oc2c1. The summed E-state index contributed by atoms with van der Waals surface area (Å²) in [5.74, 6) is 0.773. The maximum Gasteiger partial charge on any atom is 0.394 e. The average molecular weight is 644 g/mol. The van der Waals surface area contributed by atoms with Crippen molar-refractivity contribution in [2.45, 2.75) is 39.0 Å². The maximum absolute atomic E-state index is 5.97. The van der Waals surface area contributed by atoms with Crippen LogP contribution in [0.1, 0.15) is 35.1 Å². The zero-order chi connectivity index (χ0) is 31.9. The number of hydrogen-bond donors (Lipinski definition) is 2. The molecule has 2 aliphatic heterocycles. The summed E-state index contributed by atoms with van der Waals surface area (Å²) in [4.78, 5) is 9.35. The number of ether oxygens (including phenoxy) is 4. The third kappa shape index (κ3) is 11.0. The predicted molar refractivity (Wildman–Crippen MR) is 183 cm³/mol. The zero-order valence-electron chi connectivity index (χ0n) is 27.5. The molecule has 10 heteroatoms. The van der Waals surface area contributed by atoms with Gasteiger partial charge in [-0.15, -0.1) is 0 Å². The van der Waals surface area contributed by atoms with Crippen molar-refractivity contribution < 1.29 is 23.4 Å². The summed E-state index contributed by atoms with van der Waals surface area (Å²) >= 11 is 0. The molecule has 47 heavy (non-hydrogen) atoms. The molecule has 2 N–H and O–H groups in total. The van der Waals surface area contributed by atoms with Gasteiger partial charge < -0.3 is 34.0 Å². The zero-order valence-corrected chi connectivity index (χ0v) is 27.5. The summed E-state index contributed by atoms with van der Waals surface area (Å²) in [6.45, 7) is 14.0. The van der Waals surface area contributed by atoms with Gasteiger partial charge in [0.1, 0.15) is 11.3 Å².